The van der Waals surface area contributed by atoms with E-state index >= 15 is 0 Å². The smallest absolute Gasteiger partial charge is 0.372 e. The summed E-state index contributed by atoms with van der Waals surface area (Å²) in [7, 11) is 0. The van der Waals surface area contributed by atoms with Crippen LogP contribution in [0.4, 0.5) is 5.69 Å². The van der Waals surface area contributed by atoms with Gasteiger partial charge in [-0.15, -0.1) is 0 Å². The van der Waals surface area contributed by atoms with Crippen LogP contribution >= 0.6 is 0 Å². The van der Waals surface area contributed by atoms with E-state index in [4.69, 9.17) is 0 Å². The Bertz CT molecular complexity index is 577. The molecule has 92 valence electrons. The second-order valence-electron chi connectivity index (χ2n) is 4.54. The number of rotatable bonds is 1. The molecule has 0 aliphatic carbocycles. The first kappa shape index (κ1) is 11.0. The second-order valence-corrected chi connectivity index (χ2v) is 4.54. The number of carbonyl (C=O) groups is 2. The van der Waals surface area contributed by atoms with E-state index in [1.807, 2.05) is 24.3 Å². The maximum absolute atomic E-state index is 12.0. The first-order valence-electron chi connectivity index (χ1n) is 5.95. The van der Waals surface area contributed by atoms with Gasteiger partial charge in [0.05, 0.1) is 11.3 Å². The van der Waals surface area contributed by atoms with Crippen LogP contribution in [0.3, 0.4) is 0 Å². The van der Waals surface area contributed by atoms with Crippen LogP contribution in [0.5, 0.6) is 0 Å². The molecule has 0 aromatic heterocycles. The average Bonchev–Trinajstić information content (AvgIpc) is 2.91. The highest BCUT2D eigenvalue weighted by molar-refractivity contribution is 6.52. The summed E-state index contributed by atoms with van der Waals surface area (Å²) in [6, 6.07) is 6.79. The molecule has 1 atom stereocenters. The van der Waals surface area contributed by atoms with Crippen molar-refractivity contribution in [2.45, 2.75) is 18.9 Å². The molecule has 1 fully saturated rings. The fourth-order valence-corrected chi connectivity index (χ4v) is 2.68. The van der Waals surface area contributed by atoms with Crippen molar-refractivity contribution in [3.8, 4) is 0 Å². The Morgan fingerprint density at radius 3 is 2.94 bits per heavy atom. The molecular formula is C13H13N2O3+. The molecule has 5 nitrogen and oxygen atoms in total. The lowest BCUT2D eigenvalue weighted by Gasteiger charge is -2.04. The second kappa shape index (κ2) is 3.94. The quantitative estimate of drug-likeness (QED) is 0.715. The highest BCUT2D eigenvalue weighted by atomic mass is 16.4. The average molecular weight is 245 g/mol. The van der Waals surface area contributed by atoms with Crippen molar-refractivity contribution in [3.63, 3.8) is 0 Å². The van der Waals surface area contributed by atoms with Crippen LogP contribution in [0.1, 0.15) is 18.4 Å². The fraction of sp³-hybridized carbons (Fsp3) is 0.308. The Kier molecular flexibility index (Phi) is 2.40. The van der Waals surface area contributed by atoms with Crippen LogP contribution < -0.4 is 5.32 Å². The number of para-hydroxylation sites is 1. The SMILES string of the molecule is O=C1Nc2ccccc2C1=[N+]1CCCC1C(=O)O. The molecule has 0 bridgehead atoms. The van der Waals surface area contributed by atoms with E-state index in [0.29, 0.717) is 18.7 Å². The summed E-state index contributed by atoms with van der Waals surface area (Å²) in [5.74, 6) is -1.07. The van der Waals surface area contributed by atoms with Gasteiger partial charge in [-0.1, -0.05) is 12.1 Å². The summed E-state index contributed by atoms with van der Waals surface area (Å²) in [5, 5.41) is 12.0. The first-order valence-corrected chi connectivity index (χ1v) is 5.95. The lowest BCUT2D eigenvalue weighted by atomic mass is 10.1. The van der Waals surface area contributed by atoms with E-state index in [1.165, 1.54) is 0 Å². The number of nitrogens with one attached hydrogen (secondary N) is 1. The minimum absolute atomic E-state index is 0.204. The van der Waals surface area contributed by atoms with Gasteiger partial charge >= 0.3 is 11.9 Å². The zero-order valence-electron chi connectivity index (χ0n) is 9.72. The molecule has 1 amide bonds. The number of hydrogen-bond donors (Lipinski definition) is 2. The van der Waals surface area contributed by atoms with E-state index in [9.17, 15) is 14.7 Å². The molecule has 2 heterocycles. The van der Waals surface area contributed by atoms with Gasteiger partial charge in [0.25, 0.3) is 5.71 Å². The lowest BCUT2D eigenvalue weighted by Crippen LogP contribution is -2.36. The van der Waals surface area contributed by atoms with Crippen molar-refractivity contribution in [1.29, 1.82) is 0 Å². The molecule has 2 aliphatic heterocycles. The van der Waals surface area contributed by atoms with Gasteiger partial charge in [0.15, 0.2) is 0 Å². The third-order valence-electron chi connectivity index (χ3n) is 3.47. The molecule has 2 N–H and O–H groups in total. The summed E-state index contributed by atoms with van der Waals surface area (Å²) < 4.78 is 1.71. The number of nitrogens with zero attached hydrogens (tertiary/aromatic N) is 1. The maximum Gasteiger partial charge on any atom is 0.372 e. The zero-order chi connectivity index (χ0) is 12.7. The van der Waals surface area contributed by atoms with Gasteiger partial charge in [0, 0.05) is 12.8 Å². The zero-order valence-corrected chi connectivity index (χ0v) is 9.72. The van der Waals surface area contributed by atoms with Crippen molar-refractivity contribution in [1.82, 2.24) is 0 Å². The number of carbonyl (C=O) groups excluding carboxylic acids is 1. The van der Waals surface area contributed by atoms with E-state index in [2.05, 4.69) is 5.32 Å². The first-order chi connectivity index (χ1) is 8.68. The minimum atomic E-state index is -0.864. The lowest BCUT2D eigenvalue weighted by molar-refractivity contribution is -0.531. The number of benzene rings is 1. The van der Waals surface area contributed by atoms with E-state index in [-0.39, 0.29) is 5.91 Å². The van der Waals surface area contributed by atoms with Crippen molar-refractivity contribution < 1.29 is 19.3 Å². The molecule has 1 aromatic rings. The summed E-state index contributed by atoms with van der Waals surface area (Å²) >= 11 is 0. The van der Waals surface area contributed by atoms with Crippen molar-refractivity contribution in [2.24, 2.45) is 0 Å². The number of anilines is 1. The fourth-order valence-electron chi connectivity index (χ4n) is 2.68. The molecule has 0 saturated carbocycles. The third kappa shape index (κ3) is 1.51. The molecule has 3 rings (SSSR count). The number of carboxylic acids is 1. The molecule has 1 saturated heterocycles. The van der Waals surface area contributed by atoms with Crippen molar-refractivity contribution >= 4 is 23.3 Å². The highest BCUT2D eigenvalue weighted by Crippen LogP contribution is 2.25. The Hall–Kier alpha value is -2.17. The Labute approximate surface area is 104 Å². The van der Waals surface area contributed by atoms with Gasteiger partial charge in [-0.3, -0.25) is 4.79 Å². The molecule has 1 aromatic carbocycles. The molecule has 5 heteroatoms. The number of carboxylic acid groups (broad SMARTS) is 1. The molecule has 0 radical (unpaired) electrons. The number of amides is 1. The van der Waals surface area contributed by atoms with Gasteiger partial charge in [0.1, 0.15) is 6.54 Å². The van der Waals surface area contributed by atoms with E-state index in [0.717, 1.165) is 17.7 Å². The van der Waals surface area contributed by atoms with E-state index < -0.39 is 12.0 Å². The Morgan fingerprint density at radius 2 is 2.17 bits per heavy atom. The minimum Gasteiger partial charge on any atom is -0.476 e. The number of aliphatic carboxylic acids is 1. The van der Waals surface area contributed by atoms with Gasteiger partial charge < -0.3 is 10.4 Å². The van der Waals surface area contributed by atoms with Gasteiger partial charge in [-0.25, -0.2) is 9.37 Å². The van der Waals surface area contributed by atoms with Gasteiger partial charge in [-0.2, -0.15) is 0 Å². The number of hydrogen-bond acceptors (Lipinski definition) is 2. The summed E-state index contributed by atoms with van der Waals surface area (Å²) in [6.07, 6.45) is 1.39. The van der Waals surface area contributed by atoms with Crippen LogP contribution in [-0.2, 0) is 9.59 Å². The normalized spacial score (nSPS) is 26.0. The largest absolute Gasteiger partial charge is 0.476 e. The summed E-state index contributed by atoms with van der Waals surface area (Å²) in [4.78, 5) is 23.2. The highest BCUT2D eigenvalue weighted by Gasteiger charge is 2.42. The third-order valence-corrected chi connectivity index (χ3v) is 3.47. The van der Waals surface area contributed by atoms with Gasteiger partial charge in [-0.05, 0) is 12.1 Å². The van der Waals surface area contributed by atoms with Crippen LogP contribution in [0.15, 0.2) is 24.3 Å². The van der Waals surface area contributed by atoms with Gasteiger partial charge in [0.2, 0.25) is 6.04 Å². The molecule has 1 unspecified atom stereocenters. The maximum atomic E-state index is 12.0. The predicted molar refractivity (Wildman–Crippen MR) is 65.0 cm³/mol. The molecule has 0 spiro atoms. The summed E-state index contributed by atoms with van der Waals surface area (Å²) in [6.45, 7) is 0.619. The van der Waals surface area contributed by atoms with Crippen molar-refractivity contribution in [2.75, 3.05) is 11.9 Å². The van der Waals surface area contributed by atoms with Crippen LogP contribution in [0.2, 0.25) is 0 Å². The number of fused-ring (bicyclic) bond motifs is 1. The topological polar surface area (TPSA) is 69.4 Å². The van der Waals surface area contributed by atoms with Crippen LogP contribution in [0.25, 0.3) is 0 Å². The monoisotopic (exact) mass is 245 g/mol. The molecular weight excluding hydrogens is 232 g/mol. The van der Waals surface area contributed by atoms with Crippen LogP contribution in [0, 0.1) is 0 Å². The van der Waals surface area contributed by atoms with Crippen molar-refractivity contribution in [3.05, 3.63) is 29.8 Å². The van der Waals surface area contributed by atoms with Crippen LogP contribution in [-0.4, -0.2) is 39.9 Å². The molecule has 2 aliphatic rings. The standard InChI is InChI=1S/C13H12N2O3/c16-12-11(8-4-1-2-5-9(8)14-12)15-7-3-6-10(15)13(17)18/h1-2,4-5,10H,3,6-7H2,(H,17,18)/p+1. The Balaban J connectivity index is 2.16. The molecule has 18 heavy (non-hydrogen) atoms. The predicted octanol–water partition coefficient (Wildman–Crippen LogP) is 0.687. The van der Waals surface area contributed by atoms with E-state index in [1.54, 1.807) is 4.58 Å². The summed E-state index contributed by atoms with van der Waals surface area (Å²) in [5.41, 5.74) is 2.06. The Morgan fingerprint density at radius 1 is 1.39 bits per heavy atom.